The molecule has 364 valence electrons. The van der Waals surface area contributed by atoms with E-state index in [9.17, 15) is 18.3 Å². The van der Waals surface area contributed by atoms with Crippen LogP contribution >= 0.6 is 45.3 Å². The quantitative estimate of drug-likeness (QED) is 0.0454. The van der Waals surface area contributed by atoms with Gasteiger partial charge in [0.05, 0.1) is 87.8 Å². The molecule has 0 radical (unpaired) electrons. The number of hydrogen-bond donors (Lipinski definition) is 0. The maximum absolute atomic E-state index is 15.1. The van der Waals surface area contributed by atoms with E-state index in [1.807, 2.05) is 0 Å². The normalized spacial score (nSPS) is 26.3. The summed E-state index contributed by atoms with van der Waals surface area (Å²) in [5.74, 6) is 0. The van der Waals surface area contributed by atoms with Crippen LogP contribution in [0.1, 0.15) is 134 Å². The predicted octanol–water partition coefficient (Wildman–Crippen LogP) is 13.5. The summed E-state index contributed by atoms with van der Waals surface area (Å²) >= 11 is 0. The Balaban J connectivity index is 3.88. The van der Waals surface area contributed by atoms with Crippen molar-refractivity contribution in [2.24, 2.45) is 0 Å². The number of unbranched alkanes of at least 4 members (excludes halogenated alkanes) is 1. The fourth-order valence-corrected chi connectivity index (χ4v) is 22.1. The highest BCUT2D eigenvalue weighted by molar-refractivity contribution is 7.60. The van der Waals surface area contributed by atoms with Crippen molar-refractivity contribution in [1.29, 1.82) is 0 Å². The second-order valence-electron chi connectivity index (χ2n) is 14.5. The highest BCUT2D eigenvalue weighted by Gasteiger charge is 2.55. The van der Waals surface area contributed by atoms with Gasteiger partial charge < -0.3 is 40.7 Å². The fraction of sp³-hybridized carbons (Fsp3) is 0.947. The summed E-state index contributed by atoms with van der Waals surface area (Å²) in [6.45, 7) is 21.2. The summed E-state index contributed by atoms with van der Waals surface area (Å²) in [6.07, 6.45) is 4.32. The fourth-order valence-electron chi connectivity index (χ4n) is 7.85. The molecule has 0 saturated heterocycles. The van der Waals surface area contributed by atoms with E-state index >= 15 is 9.13 Å². The lowest BCUT2D eigenvalue weighted by Crippen LogP contribution is -2.34. The van der Waals surface area contributed by atoms with Crippen LogP contribution in [0.5, 0.6) is 0 Å². The van der Waals surface area contributed by atoms with Gasteiger partial charge in [-0.3, -0.25) is 27.3 Å². The van der Waals surface area contributed by atoms with Crippen molar-refractivity contribution in [3.8, 4) is 0 Å². The van der Waals surface area contributed by atoms with E-state index in [4.69, 9.17) is 49.8 Å². The minimum atomic E-state index is -4.26. The van der Waals surface area contributed by atoms with Gasteiger partial charge in [0.1, 0.15) is 12.5 Å². The van der Waals surface area contributed by atoms with E-state index in [-0.39, 0.29) is 85.1 Å². The Bertz CT molecular complexity index is 1530. The van der Waals surface area contributed by atoms with Crippen molar-refractivity contribution >= 4 is 45.3 Å². The Labute approximate surface area is 367 Å². The zero-order chi connectivity index (χ0) is 46.4. The molecule has 0 amide bonds. The molecule has 17 nitrogen and oxygen atoms in total. The molecule has 0 fully saturated rings. The lowest BCUT2D eigenvalue weighted by molar-refractivity contribution is 0.198. The Morgan fingerprint density at radius 2 is 1.07 bits per heavy atom. The molecule has 0 N–H and O–H groups in total. The van der Waals surface area contributed by atoms with Crippen molar-refractivity contribution < 1.29 is 77.2 Å². The first-order valence-electron chi connectivity index (χ1n) is 22.2. The van der Waals surface area contributed by atoms with Gasteiger partial charge >= 0.3 is 38.0 Å². The third kappa shape index (κ3) is 17.5. The van der Waals surface area contributed by atoms with Crippen LogP contribution in [0.25, 0.3) is 0 Å². The first-order valence-corrected chi connectivity index (χ1v) is 32.4. The van der Waals surface area contributed by atoms with Crippen molar-refractivity contribution in [2.45, 2.75) is 168 Å². The third-order valence-corrected chi connectivity index (χ3v) is 26.5. The van der Waals surface area contributed by atoms with Gasteiger partial charge in [-0.05, 0) is 107 Å². The lowest BCUT2D eigenvalue weighted by atomic mass is 10.0. The molecule has 9 unspecified atom stereocenters. The topological polar surface area (TPSA) is 204 Å². The van der Waals surface area contributed by atoms with Crippen LogP contribution in [0.3, 0.4) is 0 Å². The molecule has 0 aromatic carbocycles. The van der Waals surface area contributed by atoms with Gasteiger partial charge in [-0.15, -0.1) is 0 Å². The molecule has 0 aromatic heterocycles. The van der Waals surface area contributed by atoms with Crippen molar-refractivity contribution in [3.05, 3.63) is 12.5 Å². The zero-order valence-corrected chi connectivity index (χ0v) is 44.3. The first-order chi connectivity index (χ1) is 28.8. The molecule has 61 heavy (non-hydrogen) atoms. The van der Waals surface area contributed by atoms with Gasteiger partial charge in [0.25, 0.3) is 0 Å². The molecule has 1 aliphatic rings. The monoisotopic (exact) mass is 994 g/mol. The van der Waals surface area contributed by atoms with E-state index in [0.29, 0.717) is 32.1 Å². The van der Waals surface area contributed by atoms with Crippen LogP contribution in [0.2, 0.25) is 0 Å². The SMILES string of the molecule is CCOP(C)(=O)C(CCCCC1C(P(=O)(OCC)OCC)CCC(C(CC)P(=O)(OCC)OCC)P(=O)(OCC)O/C=C\OP1(=O)OCC)CCC(C)P(=O)(OCC)OCC. The second-order valence-corrected chi connectivity index (χ2v) is 28.7. The summed E-state index contributed by atoms with van der Waals surface area (Å²) in [4.78, 5) is 0. The largest absolute Gasteiger partial charge is 0.429 e. The summed E-state index contributed by atoms with van der Waals surface area (Å²) in [7, 11) is -23.2. The van der Waals surface area contributed by atoms with Crippen LogP contribution in [-0.2, 0) is 77.2 Å². The molecule has 1 aliphatic heterocycles. The van der Waals surface area contributed by atoms with Crippen molar-refractivity contribution in [1.82, 2.24) is 0 Å². The van der Waals surface area contributed by atoms with E-state index in [1.54, 1.807) is 82.8 Å². The van der Waals surface area contributed by atoms with E-state index < -0.39 is 79.3 Å². The van der Waals surface area contributed by atoms with Crippen molar-refractivity contribution in [2.75, 3.05) is 66.1 Å². The highest BCUT2D eigenvalue weighted by Crippen LogP contribution is 2.70. The Morgan fingerprint density at radius 1 is 0.590 bits per heavy atom. The van der Waals surface area contributed by atoms with Gasteiger partial charge in [0, 0.05) is 12.3 Å². The van der Waals surface area contributed by atoms with Crippen LogP contribution in [0.4, 0.5) is 0 Å². The highest BCUT2D eigenvalue weighted by atomic mass is 31.2. The molecule has 0 aromatic rings. The lowest BCUT2D eigenvalue weighted by Gasteiger charge is -2.38. The third-order valence-electron chi connectivity index (χ3n) is 10.4. The van der Waals surface area contributed by atoms with Gasteiger partial charge in [-0.25, -0.2) is 9.13 Å². The first kappa shape index (κ1) is 59.4. The molecule has 0 saturated carbocycles. The molecular weight excluding hydrogens is 914 g/mol. The summed E-state index contributed by atoms with van der Waals surface area (Å²) < 4.78 is 151. The van der Waals surface area contributed by atoms with Gasteiger partial charge in [0.2, 0.25) is 7.37 Å². The summed E-state index contributed by atoms with van der Waals surface area (Å²) in [5.41, 5.74) is -5.20. The average molecular weight is 995 g/mol. The minimum Gasteiger partial charge on any atom is -0.429 e. The Kier molecular flexibility index (Phi) is 28.4. The van der Waals surface area contributed by atoms with Crippen LogP contribution in [-0.4, -0.2) is 100 Å². The van der Waals surface area contributed by atoms with Gasteiger partial charge in [-0.2, -0.15) is 0 Å². The van der Waals surface area contributed by atoms with E-state index in [1.165, 1.54) is 0 Å². The molecule has 1 heterocycles. The molecule has 0 bridgehead atoms. The summed E-state index contributed by atoms with van der Waals surface area (Å²) in [5, 5.41) is 0. The van der Waals surface area contributed by atoms with E-state index in [2.05, 4.69) is 0 Å². The maximum atomic E-state index is 15.1. The molecule has 9 atom stereocenters. The Morgan fingerprint density at radius 3 is 1.54 bits per heavy atom. The molecular formula is C38H80O17P6. The molecule has 0 spiro atoms. The van der Waals surface area contributed by atoms with Crippen LogP contribution in [0, 0.1) is 0 Å². The zero-order valence-electron chi connectivity index (χ0n) is 39.0. The van der Waals surface area contributed by atoms with Crippen LogP contribution in [0.15, 0.2) is 12.5 Å². The standard InChI is InChI=1S/C38H80O17P6/c1-13-35(58(41,48-17-5)49-18-6)37-29-30-38(59(42,50-19-7)51-20-8)36(60(43,52-21-9)54-31-32-55-61(37,44)53-22-10)26-24-23-25-34(56(12,39)45-14-2)28-27-33(11)57(40,46-15-3)47-16-4/h31-38H,13-30H2,1-12H3/b32-31-. The maximum Gasteiger partial charge on any atom is 0.382 e. The van der Waals surface area contributed by atoms with Crippen LogP contribution < -0.4 is 0 Å². The number of hydrogen-bond acceptors (Lipinski definition) is 17. The smallest absolute Gasteiger partial charge is 0.382 e. The number of rotatable bonds is 32. The second kappa shape index (κ2) is 29.2. The predicted molar refractivity (Wildman–Crippen MR) is 243 cm³/mol. The Hall–Kier alpha value is 0.360. The average Bonchev–Trinajstić information content (AvgIpc) is 3.19. The van der Waals surface area contributed by atoms with Crippen molar-refractivity contribution in [3.63, 3.8) is 0 Å². The molecule has 0 aliphatic carbocycles. The van der Waals surface area contributed by atoms with E-state index in [0.717, 1.165) is 12.5 Å². The minimum absolute atomic E-state index is 0.00548. The van der Waals surface area contributed by atoms with Gasteiger partial charge in [-0.1, -0.05) is 26.7 Å². The van der Waals surface area contributed by atoms with Gasteiger partial charge in [0.15, 0.2) is 0 Å². The molecule has 1 rings (SSSR count). The molecule has 23 heteroatoms. The summed E-state index contributed by atoms with van der Waals surface area (Å²) in [6, 6.07) is 0.